The number of morpholine rings is 1. The van der Waals surface area contributed by atoms with Crippen molar-refractivity contribution in [3.8, 4) is 0 Å². The van der Waals surface area contributed by atoms with E-state index in [2.05, 4.69) is 24.1 Å². The number of rotatable bonds is 7. The normalized spacial score (nSPS) is 27.1. The lowest BCUT2D eigenvalue weighted by molar-refractivity contribution is -0.0496. The molecule has 1 aliphatic heterocycles. The molecule has 2 aliphatic rings. The van der Waals surface area contributed by atoms with Gasteiger partial charge in [-0.15, -0.1) is 0 Å². The summed E-state index contributed by atoms with van der Waals surface area (Å²) < 4.78 is 5.52. The first kappa shape index (κ1) is 17.2. The van der Waals surface area contributed by atoms with Crippen molar-refractivity contribution in [1.82, 2.24) is 10.2 Å². The Balaban J connectivity index is 1.94. The molecule has 0 bridgehead atoms. The van der Waals surface area contributed by atoms with Gasteiger partial charge in [-0.25, -0.2) is 0 Å². The minimum atomic E-state index is 0.197. The molecule has 0 aromatic heterocycles. The van der Waals surface area contributed by atoms with E-state index < -0.39 is 0 Å². The summed E-state index contributed by atoms with van der Waals surface area (Å²) in [5.74, 6) is 0.708. The van der Waals surface area contributed by atoms with Crippen LogP contribution in [0.25, 0.3) is 0 Å². The Morgan fingerprint density at radius 3 is 2.71 bits per heavy atom. The third-order valence-corrected chi connectivity index (χ3v) is 5.07. The Hall–Kier alpha value is -0.160. The zero-order chi connectivity index (χ0) is 15.1. The van der Waals surface area contributed by atoms with E-state index >= 15 is 0 Å². The SMILES string of the molecule is CC(C)CNCC1(CN2CCOCC2CO)CCCCC1. The molecule has 0 aromatic rings. The fourth-order valence-electron chi connectivity index (χ4n) is 3.81. The van der Waals surface area contributed by atoms with Gasteiger partial charge in [0.25, 0.3) is 0 Å². The fraction of sp³-hybridized carbons (Fsp3) is 1.00. The third kappa shape index (κ3) is 5.20. The average molecular weight is 298 g/mol. The van der Waals surface area contributed by atoms with Crippen LogP contribution in [0, 0.1) is 11.3 Å². The molecule has 1 saturated heterocycles. The van der Waals surface area contributed by atoms with Crippen LogP contribution in [0.1, 0.15) is 46.0 Å². The Morgan fingerprint density at radius 1 is 1.29 bits per heavy atom. The highest BCUT2D eigenvalue weighted by Crippen LogP contribution is 2.37. The van der Waals surface area contributed by atoms with E-state index in [1.807, 2.05) is 0 Å². The predicted octanol–water partition coefficient (Wildman–Crippen LogP) is 1.88. The van der Waals surface area contributed by atoms with E-state index in [9.17, 15) is 5.11 Å². The number of hydrogen-bond acceptors (Lipinski definition) is 4. The summed E-state index contributed by atoms with van der Waals surface area (Å²) >= 11 is 0. The number of aliphatic hydroxyl groups excluding tert-OH is 1. The summed E-state index contributed by atoms with van der Waals surface area (Å²) in [7, 11) is 0. The second-order valence-corrected chi connectivity index (χ2v) is 7.47. The van der Waals surface area contributed by atoms with Gasteiger partial charge in [0, 0.05) is 19.6 Å². The Labute approximate surface area is 130 Å². The quantitative estimate of drug-likeness (QED) is 0.753. The summed E-state index contributed by atoms with van der Waals surface area (Å²) in [5, 5.41) is 13.3. The van der Waals surface area contributed by atoms with Crippen molar-refractivity contribution in [2.75, 3.05) is 46.0 Å². The molecule has 2 rings (SSSR count). The van der Waals surface area contributed by atoms with Crippen LogP contribution in [-0.2, 0) is 4.74 Å². The monoisotopic (exact) mass is 298 g/mol. The van der Waals surface area contributed by atoms with Crippen LogP contribution in [0.15, 0.2) is 0 Å². The molecular weight excluding hydrogens is 264 g/mol. The third-order valence-electron chi connectivity index (χ3n) is 5.07. The minimum Gasteiger partial charge on any atom is -0.395 e. The molecule has 0 radical (unpaired) electrons. The summed E-state index contributed by atoms with van der Waals surface area (Å²) in [4.78, 5) is 2.48. The molecule has 0 aromatic carbocycles. The molecule has 2 fully saturated rings. The molecule has 0 amide bonds. The standard InChI is InChI=1S/C17H34N2O2/c1-15(2)10-18-13-17(6-4-3-5-7-17)14-19-8-9-21-12-16(19)11-20/h15-16,18,20H,3-14H2,1-2H3. The van der Waals surface area contributed by atoms with Gasteiger partial charge in [-0.3, -0.25) is 4.90 Å². The molecule has 4 nitrogen and oxygen atoms in total. The van der Waals surface area contributed by atoms with Crippen molar-refractivity contribution in [3.63, 3.8) is 0 Å². The second kappa shape index (κ2) is 8.47. The van der Waals surface area contributed by atoms with E-state index in [4.69, 9.17) is 4.74 Å². The fourth-order valence-corrected chi connectivity index (χ4v) is 3.81. The molecule has 1 heterocycles. The number of hydrogen-bond donors (Lipinski definition) is 2. The highest BCUT2D eigenvalue weighted by Gasteiger charge is 2.36. The molecule has 0 spiro atoms. The summed E-state index contributed by atoms with van der Waals surface area (Å²) in [6, 6.07) is 0.197. The van der Waals surface area contributed by atoms with Crippen molar-refractivity contribution in [2.45, 2.75) is 52.0 Å². The van der Waals surface area contributed by atoms with E-state index in [1.165, 1.54) is 32.1 Å². The van der Waals surface area contributed by atoms with Gasteiger partial charge in [-0.2, -0.15) is 0 Å². The van der Waals surface area contributed by atoms with Gasteiger partial charge in [0.1, 0.15) is 0 Å². The van der Waals surface area contributed by atoms with E-state index in [1.54, 1.807) is 0 Å². The Bertz CT molecular complexity index is 291. The van der Waals surface area contributed by atoms with Gasteiger partial charge in [-0.1, -0.05) is 33.1 Å². The van der Waals surface area contributed by atoms with Crippen molar-refractivity contribution in [1.29, 1.82) is 0 Å². The molecule has 1 saturated carbocycles. The van der Waals surface area contributed by atoms with Gasteiger partial charge >= 0.3 is 0 Å². The van der Waals surface area contributed by atoms with Crippen LogP contribution >= 0.6 is 0 Å². The maximum atomic E-state index is 9.59. The maximum Gasteiger partial charge on any atom is 0.0644 e. The van der Waals surface area contributed by atoms with Gasteiger partial charge < -0.3 is 15.2 Å². The molecule has 1 atom stereocenters. The van der Waals surface area contributed by atoms with Gasteiger partial charge in [0.15, 0.2) is 0 Å². The Kier molecular flexibility index (Phi) is 6.93. The van der Waals surface area contributed by atoms with Gasteiger partial charge in [-0.05, 0) is 30.7 Å². The lowest BCUT2D eigenvalue weighted by Gasteiger charge is -2.45. The first-order valence-corrected chi connectivity index (χ1v) is 8.78. The van der Waals surface area contributed by atoms with Gasteiger partial charge in [0.05, 0.1) is 25.9 Å². The number of nitrogens with one attached hydrogen (secondary N) is 1. The maximum absolute atomic E-state index is 9.59. The highest BCUT2D eigenvalue weighted by atomic mass is 16.5. The first-order valence-electron chi connectivity index (χ1n) is 8.78. The second-order valence-electron chi connectivity index (χ2n) is 7.47. The van der Waals surface area contributed by atoms with Crippen molar-refractivity contribution >= 4 is 0 Å². The smallest absolute Gasteiger partial charge is 0.0644 e. The number of ether oxygens (including phenoxy) is 1. The molecule has 1 unspecified atom stereocenters. The summed E-state index contributed by atoms with van der Waals surface area (Å²) in [6.45, 7) is 10.6. The Morgan fingerprint density at radius 2 is 2.05 bits per heavy atom. The molecule has 4 heteroatoms. The minimum absolute atomic E-state index is 0.197. The molecule has 21 heavy (non-hydrogen) atoms. The number of aliphatic hydroxyl groups is 1. The van der Waals surface area contributed by atoms with Crippen LogP contribution in [0.2, 0.25) is 0 Å². The van der Waals surface area contributed by atoms with Gasteiger partial charge in [0.2, 0.25) is 0 Å². The lowest BCUT2D eigenvalue weighted by Crippen LogP contribution is -2.54. The highest BCUT2D eigenvalue weighted by molar-refractivity contribution is 4.90. The summed E-state index contributed by atoms with van der Waals surface area (Å²) in [5.41, 5.74) is 0.401. The molecule has 2 N–H and O–H groups in total. The lowest BCUT2D eigenvalue weighted by atomic mass is 9.73. The predicted molar refractivity (Wildman–Crippen MR) is 86.5 cm³/mol. The zero-order valence-electron chi connectivity index (χ0n) is 13.9. The molecular formula is C17H34N2O2. The first-order chi connectivity index (χ1) is 10.2. The summed E-state index contributed by atoms with van der Waals surface area (Å²) in [6.07, 6.45) is 6.76. The zero-order valence-corrected chi connectivity index (χ0v) is 13.9. The van der Waals surface area contributed by atoms with E-state index in [-0.39, 0.29) is 12.6 Å². The van der Waals surface area contributed by atoms with E-state index in [0.717, 1.165) is 32.8 Å². The number of nitrogens with zero attached hydrogens (tertiary/aromatic N) is 1. The van der Waals surface area contributed by atoms with Crippen molar-refractivity contribution < 1.29 is 9.84 Å². The largest absolute Gasteiger partial charge is 0.395 e. The van der Waals surface area contributed by atoms with Crippen molar-refractivity contribution in [2.24, 2.45) is 11.3 Å². The topological polar surface area (TPSA) is 44.7 Å². The van der Waals surface area contributed by atoms with Crippen molar-refractivity contribution in [3.05, 3.63) is 0 Å². The average Bonchev–Trinajstić information content (AvgIpc) is 2.48. The van der Waals surface area contributed by atoms with Crippen LogP contribution in [0.4, 0.5) is 0 Å². The molecule has 124 valence electrons. The van der Waals surface area contributed by atoms with Crippen LogP contribution in [0.3, 0.4) is 0 Å². The van der Waals surface area contributed by atoms with E-state index in [0.29, 0.717) is 17.9 Å². The molecule has 1 aliphatic carbocycles. The van der Waals surface area contributed by atoms with Crippen LogP contribution in [0.5, 0.6) is 0 Å². The van der Waals surface area contributed by atoms with Crippen LogP contribution in [-0.4, -0.2) is 62.0 Å². The van der Waals surface area contributed by atoms with Crippen LogP contribution < -0.4 is 5.32 Å².